The van der Waals surface area contributed by atoms with Gasteiger partial charge in [-0.05, 0) is 32.4 Å². The van der Waals surface area contributed by atoms with E-state index in [1.54, 1.807) is 15.5 Å². The van der Waals surface area contributed by atoms with Gasteiger partial charge in [0.1, 0.15) is 0 Å². The van der Waals surface area contributed by atoms with Gasteiger partial charge in [0.05, 0.1) is 5.54 Å². The summed E-state index contributed by atoms with van der Waals surface area (Å²) < 4.78 is 1.73. The Kier molecular flexibility index (Phi) is 6.03. The molecule has 1 aliphatic heterocycles. The third-order valence-corrected chi connectivity index (χ3v) is 5.05. The molecule has 0 radical (unpaired) electrons. The quantitative estimate of drug-likeness (QED) is 0.713. The van der Waals surface area contributed by atoms with Gasteiger partial charge < -0.3 is 9.47 Å². The van der Waals surface area contributed by atoms with Gasteiger partial charge in [0.25, 0.3) is 5.56 Å². The molecule has 0 unspecified atom stereocenters. The second-order valence-electron chi connectivity index (χ2n) is 7.18. The van der Waals surface area contributed by atoms with Crippen molar-refractivity contribution in [2.75, 3.05) is 13.6 Å². The van der Waals surface area contributed by atoms with Crippen molar-refractivity contribution in [3.8, 4) is 0 Å². The first-order valence-corrected chi connectivity index (χ1v) is 9.08. The van der Waals surface area contributed by atoms with Crippen LogP contribution in [0.1, 0.15) is 58.4 Å². The molecule has 1 fully saturated rings. The largest absolute Gasteiger partial charge is 0.327 e. The zero-order valence-electron chi connectivity index (χ0n) is 15.7. The molecule has 2 rings (SSSR count). The van der Waals surface area contributed by atoms with E-state index in [0.29, 0.717) is 18.7 Å². The maximum atomic E-state index is 12.9. The number of carbonyl (C=O) groups excluding carboxylic acids is 2. The molecular formula is C19H29N3O3. The first kappa shape index (κ1) is 19.2. The molecule has 0 saturated carbocycles. The van der Waals surface area contributed by atoms with Crippen LogP contribution in [0.2, 0.25) is 0 Å². The molecule has 0 aliphatic carbocycles. The molecular weight excluding hydrogens is 318 g/mol. The van der Waals surface area contributed by atoms with E-state index in [9.17, 15) is 14.4 Å². The van der Waals surface area contributed by atoms with E-state index in [1.165, 1.54) is 13.5 Å². The van der Waals surface area contributed by atoms with Crippen LogP contribution in [-0.2, 0) is 16.9 Å². The summed E-state index contributed by atoms with van der Waals surface area (Å²) in [6, 6.07) is 3.30. The summed E-state index contributed by atoms with van der Waals surface area (Å²) in [6.07, 6.45) is 6.49. The van der Waals surface area contributed by atoms with Crippen LogP contribution in [0.25, 0.3) is 0 Å². The molecule has 0 aromatic carbocycles. The molecule has 6 heteroatoms. The van der Waals surface area contributed by atoms with E-state index in [4.69, 9.17) is 0 Å². The van der Waals surface area contributed by atoms with Crippen LogP contribution in [0.3, 0.4) is 0 Å². The van der Waals surface area contributed by atoms with Gasteiger partial charge in [0.2, 0.25) is 5.91 Å². The standard InChI is InChI=1S/C19H29N3O3/c1-5-6-7-8-12-21-13-9-10-15(17(21)24)19(2,3)22-14-11-16(23)20(4)18(22)25/h9-10,13H,5-8,11-12,14H2,1-4H3. The number of nitrogens with zero attached hydrogens (tertiary/aromatic N) is 3. The van der Waals surface area contributed by atoms with Crippen molar-refractivity contribution in [2.45, 2.75) is 65.0 Å². The molecule has 1 saturated heterocycles. The number of pyridine rings is 1. The minimum Gasteiger partial charge on any atom is -0.315 e. The van der Waals surface area contributed by atoms with Crippen LogP contribution in [0.5, 0.6) is 0 Å². The fourth-order valence-corrected chi connectivity index (χ4v) is 3.31. The van der Waals surface area contributed by atoms with Crippen LogP contribution < -0.4 is 5.56 Å². The number of aromatic nitrogens is 1. The minimum absolute atomic E-state index is 0.0589. The van der Waals surface area contributed by atoms with Gasteiger partial charge in [-0.25, -0.2) is 4.79 Å². The Morgan fingerprint density at radius 2 is 1.84 bits per heavy atom. The van der Waals surface area contributed by atoms with E-state index in [-0.39, 0.29) is 23.9 Å². The van der Waals surface area contributed by atoms with Gasteiger partial charge >= 0.3 is 6.03 Å². The lowest BCUT2D eigenvalue weighted by molar-refractivity contribution is -0.130. The number of urea groups is 1. The summed E-state index contributed by atoms with van der Waals surface area (Å²) in [6.45, 7) is 6.92. The zero-order valence-corrected chi connectivity index (χ0v) is 15.7. The summed E-state index contributed by atoms with van der Waals surface area (Å²) in [5.74, 6) is -0.182. The van der Waals surface area contributed by atoms with Crippen LogP contribution in [0.4, 0.5) is 4.79 Å². The zero-order chi connectivity index (χ0) is 18.6. The molecule has 2 heterocycles. The second-order valence-corrected chi connectivity index (χ2v) is 7.18. The average Bonchev–Trinajstić information content (AvgIpc) is 2.57. The molecule has 0 bridgehead atoms. The van der Waals surface area contributed by atoms with E-state index in [2.05, 4.69) is 6.92 Å². The average molecular weight is 347 g/mol. The van der Waals surface area contributed by atoms with Crippen LogP contribution in [0.15, 0.2) is 23.1 Å². The van der Waals surface area contributed by atoms with Crippen molar-refractivity contribution in [3.05, 3.63) is 34.2 Å². The Morgan fingerprint density at radius 1 is 1.12 bits per heavy atom. The van der Waals surface area contributed by atoms with Crippen LogP contribution in [0, 0.1) is 0 Å². The Bertz CT molecular complexity index is 693. The third-order valence-electron chi connectivity index (χ3n) is 5.05. The summed E-state index contributed by atoms with van der Waals surface area (Å²) in [4.78, 5) is 39.9. The fourth-order valence-electron chi connectivity index (χ4n) is 3.31. The highest BCUT2D eigenvalue weighted by Gasteiger charge is 2.40. The maximum absolute atomic E-state index is 12.9. The van der Waals surface area contributed by atoms with E-state index in [0.717, 1.165) is 24.2 Å². The third kappa shape index (κ3) is 3.94. The summed E-state index contributed by atoms with van der Waals surface area (Å²) >= 11 is 0. The van der Waals surface area contributed by atoms with Gasteiger partial charge in [-0.1, -0.05) is 26.2 Å². The molecule has 1 aromatic rings. The van der Waals surface area contributed by atoms with E-state index >= 15 is 0 Å². The van der Waals surface area contributed by atoms with Crippen molar-refractivity contribution in [2.24, 2.45) is 0 Å². The number of aryl methyl sites for hydroxylation is 1. The first-order chi connectivity index (χ1) is 11.8. The normalized spacial score (nSPS) is 15.8. The van der Waals surface area contributed by atoms with Gasteiger partial charge in [-0.3, -0.25) is 14.5 Å². The highest BCUT2D eigenvalue weighted by molar-refractivity contribution is 5.96. The molecule has 1 aliphatic rings. The van der Waals surface area contributed by atoms with Crippen LogP contribution >= 0.6 is 0 Å². The smallest absolute Gasteiger partial charge is 0.315 e. The number of unbranched alkanes of at least 4 members (excludes halogenated alkanes) is 3. The molecule has 3 amide bonds. The Morgan fingerprint density at radius 3 is 2.52 bits per heavy atom. The Balaban J connectivity index is 2.26. The number of imide groups is 1. The molecule has 25 heavy (non-hydrogen) atoms. The highest BCUT2D eigenvalue weighted by atomic mass is 16.2. The Labute approximate surface area is 149 Å². The summed E-state index contributed by atoms with van der Waals surface area (Å²) in [5.41, 5.74) is -0.242. The molecule has 1 aromatic heterocycles. The lowest BCUT2D eigenvalue weighted by Crippen LogP contribution is -2.58. The highest BCUT2D eigenvalue weighted by Crippen LogP contribution is 2.28. The van der Waals surface area contributed by atoms with Crippen LogP contribution in [-0.4, -0.2) is 39.9 Å². The monoisotopic (exact) mass is 347 g/mol. The van der Waals surface area contributed by atoms with Gasteiger partial charge in [-0.2, -0.15) is 0 Å². The number of rotatable bonds is 7. The maximum Gasteiger partial charge on any atom is 0.327 e. The lowest BCUT2D eigenvalue weighted by atomic mass is 9.92. The predicted octanol–water partition coefficient (Wildman–Crippen LogP) is 2.95. The molecule has 0 N–H and O–H groups in total. The number of carbonyl (C=O) groups is 2. The molecule has 138 valence electrons. The van der Waals surface area contributed by atoms with Gasteiger partial charge in [0.15, 0.2) is 0 Å². The molecule has 6 nitrogen and oxygen atoms in total. The molecule has 0 spiro atoms. The van der Waals surface area contributed by atoms with Crippen molar-refractivity contribution in [1.29, 1.82) is 0 Å². The van der Waals surface area contributed by atoms with Crippen molar-refractivity contribution in [3.63, 3.8) is 0 Å². The predicted molar refractivity (Wildman–Crippen MR) is 97.4 cm³/mol. The molecule has 0 atom stereocenters. The van der Waals surface area contributed by atoms with Gasteiger partial charge in [0, 0.05) is 38.3 Å². The van der Waals surface area contributed by atoms with Gasteiger partial charge in [-0.15, -0.1) is 0 Å². The van der Waals surface area contributed by atoms with Crippen molar-refractivity contribution < 1.29 is 9.59 Å². The summed E-state index contributed by atoms with van der Waals surface area (Å²) in [7, 11) is 1.49. The second kappa shape index (κ2) is 7.85. The number of amides is 3. The van der Waals surface area contributed by atoms with E-state index < -0.39 is 5.54 Å². The van der Waals surface area contributed by atoms with E-state index in [1.807, 2.05) is 26.1 Å². The van der Waals surface area contributed by atoms with Crippen molar-refractivity contribution >= 4 is 11.9 Å². The number of hydrogen-bond acceptors (Lipinski definition) is 3. The van der Waals surface area contributed by atoms with Crippen molar-refractivity contribution in [1.82, 2.24) is 14.4 Å². The first-order valence-electron chi connectivity index (χ1n) is 9.08. The number of hydrogen-bond donors (Lipinski definition) is 0. The Hall–Kier alpha value is -2.11. The SMILES string of the molecule is CCCCCCn1cccc(C(C)(C)N2CCC(=O)N(C)C2=O)c1=O. The summed E-state index contributed by atoms with van der Waals surface area (Å²) in [5, 5.41) is 0. The minimum atomic E-state index is -0.768. The fraction of sp³-hybridized carbons (Fsp3) is 0.632. The lowest BCUT2D eigenvalue weighted by Gasteiger charge is -2.42. The topological polar surface area (TPSA) is 62.6 Å².